The van der Waals surface area contributed by atoms with Crippen LogP contribution in [0.5, 0.6) is 0 Å². The molecule has 208 valence electrons. The molecule has 2 fully saturated rings. The Balaban J connectivity index is 1.05. The van der Waals surface area contributed by atoms with Gasteiger partial charge in [-0.15, -0.1) is 0 Å². The Morgan fingerprint density at radius 1 is 1.21 bits per heavy atom. The number of aryl methyl sites for hydroxylation is 2. The zero-order chi connectivity index (χ0) is 27.0. The van der Waals surface area contributed by atoms with E-state index >= 15 is 8.78 Å². The van der Waals surface area contributed by atoms with Crippen molar-refractivity contribution in [2.24, 2.45) is 11.8 Å². The second kappa shape index (κ2) is 10.8. The van der Waals surface area contributed by atoms with Crippen molar-refractivity contribution in [1.29, 1.82) is 0 Å². The molecule has 5 heterocycles. The smallest absolute Gasteiger partial charge is 0.325 e. The lowest BCUT2D eigenvalue weighted by Gasteiger charge is -2.27. The van der Waals surface area contributed by atoms with Crippen LogP contribution in [0.2, 0.25) is 0 Å². The van der Waals surface area contributed by atoms with Crippen LogP contribution in [0.25, 0.3) is 11.0 Å². The Morgan fingerprint density at radius 2 is 2.08 bits per heavy atom. The van der Waals surface area contributed by atoms with E-state index < -0.39 is 23.9 Å². The van der Waals surface area contributed by atoms with Crippen LogP contribution in [0, 0.1) is 11.8 Å². The third-order valence-electron chi connectivity index (χ3n) is 8.65. The van der Waals surface area contributed by atoms with Gasteiger partial charge in [-0.1, -0.05) is 6.07 Å². The van der Waals surface area contributed by atoms with Crippen molar-refractivity contribution in [3.63, 3.8) is 0 Å². The number of fused-ring (bicyclic) bond motifs is 2. The van der Waals surface area contributed by atoms with E-state index in [1.807, 2.05) is 24.4 Å². The summed E-state index contributed by atoms with van der Waals surface area (Å²) in [6, 6.07) is 6.96. The molecule has 2 unspecified atom stereocenters. The fourth-order valence-electron chi connectivity index (χ4n) is 6.23. The molecular formula is C30H37F2N5O2. The number of hydrogen-bond donors (Lipinski definition) is 2. The van der Waals surface area contributed by atoms with E-state index in [9.17, 15) is 9.90 Å². The van der Waals surface area contributed by atoms with Gasteiger partial charge in [0.2, 0.25) is 0 Å². The van der Waals surface area contributed by atoms with Crippen LogP contribution in [0.1, 0.15) is 67.8 Å². The molecule has 1 saturated heterocycles. The van der Waals surface area contributed by atoms with Gasteiger partial charge >= 0.3 is 5.97 Å². The molecule has 0 amide bonds. The molecule has 0 radical (unpaired) electrons. The summed E-state index contributed by atoms with van der Waals surface area (Å²) in [4.78, 5) is 23.2. The van der Waals surface area contributed by atoms with E-state index in [0.717, 1.165) is 48.5 Å². The number of alkyl halides is 2. The minimum Gasteiger partial charge on any atom is -0.480 e. The number of rotatable bonds is 11. The number of pyridine rings is 2. The number of aromatic nitrogens is 3. The number of hydrogen-bond acceptors (Lipinski definition) is 5. The Morgan fingerprint density at radius 3 is 2.90 bits per heavy atom. The van der Waals surface area contributed by atoms with E-state index in [4.69, 9.17) is 0 Å². The maximum Gasteiger partial charge on any atom is 0.325 e. The number of unbranched alkanes of at least 4 members (excludes halogenated alkanes) is 1. The molecule has 2 N–H and O–H groups in total. The molecule has 0 aromatic carbocycles. The minimum absolute atomic E-state index is 0.0722. The number of aliphatic carboxylic acids is 1. The quantitative estimate of drug-likeness (QED) is 0.306. The van der Waals surface area contributed by atoms with Crippen molar-refractivity contribution < 1.29 is 18.7 Å². The van der Waals surface area contributed by atoms with Gasteiger partial charge in [0, 0.05) is 55.4 Å². The second-order valence-electron chi connectivity index (χ2n) is 11.6. The fourth-order valence-corrected chi connectivity index (χ4v) is 6.23. The monoisotopic (exact) mass is 537 g/mol. The van der Waals surface area contributed by atoms with Gasteiger partial charge in [-0.3, -0.25) is 9.69 Å². The van der Waals surface area contributed by atoms with Gasteiger partial charge in [-0.05, 0) is 93.2 Å². The predicted molar refractivity (Wildman–Crippen MR) is 146 cm³/mol. The van der Waals surface area contributed by atoms with Gasteiger partial charge in [-0.25, -0.2) is 18.7 Å². The summed E-state index contributed by atoms with van der Waals surface area (Å²) >= 11 is 0. The van der Waals surface area contributed by atoms with Crippen LogP contribution in [-0.4, -0.2) is 56.1 Å². The van der Waals surface area contributed by atoms with Gasteiger partial charge in [-0.2, -0.15) is 0 Å². The van der Waals surface area contributed by atoms with E-state index in [2.05, 4.69) is 25.9 Å². The number of nitrogens with one attached hydrogen (secondary N) is 1. The maximum atomic E-state index is 15.2. The van der Waals surface area contributed by atoms with Gasteiger partial charge in [0.1, 0.15) is 17.5 Å². The average Bonchev–Trinajstić information content (AvgIpc) is 3.45. The maximum absolute atomic E-state index is 15.2. The lowest BCUT2D eigenvalue weighted by Crippen LogP contribution is -2.35. The summed E-state index contributed by atoms with van der Waals surface area (Å²) in [6.45, 7) is 2.27. The zero-order valence-corrected chi connectivity index (χ0v) is 22.3. The van der Waals surface area contributed by atoms with Crippen molar-refractivity contribution in [2.45, 2.75) is 76.3 Å². The Labute approximate surface area is 227 Å². The summed E-state index contributed by atoms with van der Waals surface area (Å²) in [6.07, 6.45) is 10.1. The molecule has 9 heteroatoms. The molecule has 39 heavy (non-hydrogen) atoms. The number of carboxylic acid groups (broad SMARTS) is 1. The number of carbonyl (C=O) groups is 1. The Hall–Kier alpha value is -3.07. The molecular weight excluding hydrogens is 500 g/mol. The highest BCUT2D eigenvalue weighted by atomic mass is 19.3. The highest BCUT2D eigenvalue weighted by Crippen LogP contribution is 2.40. The predicted octanol–water partition coefficient (Wildman–Crippen LogP) is 5.70. The van der Waals surface area contributed by atoms with Crippen LogP contribution < -0.4 is 5.32 Å². The number of likely N-dealkylation sites (tertiary alicyclic amines) is 1. The highest BCUT2D eigenvalue weighted by molar-refractivity contribution is 5.81. The summed E-state index contributed by atoms with van der Waals surface area (Å²) < 4.78 is 32.6. The van der Waals surface area contributed by atoms with Gasteiger partial charge < -0.3 is 15.0 Å². The van der Waals surface area contributed by atoms with Crippen molar-refractivity contribution >= 4 is 22.8 Å². The number of halogens is 2. The van der Waals surface area contributed by atoms with Crippen LogP contribution in [-0.2, 0) is 24.2 Å². The van der Waals surface area contributed by atoms with Gasteiger partial charge in [0.05, 0.1) is 0 Å². The molecule has 1 aliphatic carbocycles. The summed E-state index contributed by atoms with van der Waals surface area (Å²) in [5.41, 5.74) is 3.57. The first kappa shape index (κ1) is 26.2. The van der Waals surface area contributed by atoms with Gasteiger partial charge in [0.25, 0.3) is 5.92 Å². The first-order chi connectivity index (χ1) is 18.9. The van der Waals surface area contributed by atoms with E-state index in [-0.39, 0.29) is 13.0 Å². The SMILES string of the molecule is O=C(O)C(c1cnc2c(ccn2CC2CC2)c1)N1CCC(C(F)(F)CCCCc2ccc3c(n2)NCCC3)C1. The molecule has 3 aromatic heterocycles. The zero-order valence-electron chi connectivity index (χ0n) is 22.3. The Bertz CT molecular complexity index is 1340. The normalized spacial score (nSPS) is 20.6. The van der Waals surface area contributed by atoms with E-state index in [0.29, 0.717) is 43.7 Å². The van der Waals surface area contributed by atoms with Crippen LogP contribution in [0.15, 0.2) is 36.7 Å². The lowest BCUT2D eigenvalue weighted by molar-refractivity contribution is -0.143. The topological polar surface area (TPSA) is 83.3 Å². The first-order valence-corrected chi connectivity index (χ1v) is 14.4. The molecule has 0 bridgehead atoms. The average molecular weight is 538 g/mol. The molecule has 3 aromatic rings. The number of nitrogens with zero attached hydrogens (tertiary/aromatic N) is 4. The molecule has 3 aliphatic rings. The van der Waals surface area contributed by atoms with Gasteiger partial charge in [0.15, 0.2) is 0 Å². The third-order valence-corrected chi connectivity index (χ3v) is 8.65. The second-order valence-corrected chi connectivity index (χ2v) is 11.6. The summed E-state index contributed by atoms with van der Waals surface area (Å²) in [5.74, 6) is -3.06. The van der Waals surface area contributed by atoms with Crippen molar-refractivity contribution in [3.8, 4) is 0 Å². The van der Waals surface area contributed by atoms with Crippen LogP contribution in [0.3, 0.4) is 0 Å². The molecule has 2 aliphatic heterocycles. The highest BCUT2D eigenvalue weighted by Gasteiger charge is 2.45. The third kappa shape index (κ3) is 5.78. The fraction of sp³-hybridized carbons (Fsp3) is 0.567. The number of anilines is 1. The summed E-state index contributed by atoms with van der Waals surface area (Å²) in [7, 11) is 0. The molecule has 7 nitrogen and oxygen atoms in total. The molecule has 2 atom stereocenters. The molecule has 1 saturated carbocycles. The Kier molecular flexibility index (Phi) is 7.27. The standard InChI is InChI=1S/C30H37F2N5O2/c31-30(32,12-2-1-5-25-9-8-21-4-3-13-33-27(21)35-25)24-11-15-36(19-24)26(29(38)39)23-16-22-10-14-37(18-20-6-7-20)28(22)34-17-23/h8-10,14,16-17,20,24,26H,1-7,11-13,15,18-19H2,(H,33,35)(H,38,39). The summed E-state index contributed by atoms with van der Waals surface area (Å²) in [5, 5.41) is 14.3. The molecule has 6 rings (SSSR count). The van der Waals surface area contributed by atoms with Crippen molar-refractivity contribution in [3.05, 3.63) is 53.5 Å². The number of carboxylic acids is 1. The van der Waals surface area contributed by atoms with Crippen LogP contribution in [0.4, 0.5) is 14.6 Å². The molecule has 0 spiro atoms. The minimum atomic E-state index is -2.83. The van der Waals surface area contributed by atoms with Crippen molar-refractivity contribution in [2.75, 3.05) is 25.0 Å². The van der Waals surface area contributed by atoms with Crippen LogP contribution >= 0.6 is 0 Å². The van der Waals surface area contributed by atoms with E-state index in [1.54, 1.807) is 11.1 Å². The first-order valence-electron chi connectivity index (χ1n) is 14.4. The van der Waals surface area contributed by atoms with Crippen molar-refractivity contribution in [1.82, 2.24) is 19.4 Å². The lowest BCUT2D eigenvalue weighted by atomic mass is 9.95. The van der Waals surface area contributed by atoms with E-state index in [1.165, 1.54) is 18.4 Å². The largest absolute Gasteiger partial charge is 0.480 e.